The Kier molecular flexibility index (Phi) is 8.02. The molecule has 1 aromatic carbocycles. The second-order valence-corrected chi connectivity index (χ2v) is 6.49. The Morgan fingerprint density at radius 2 is 2.00 bits per heavy atom. The molecule has 0 saturated carbocycles. The van der Waals surface area contributed by atoms with Gasteiger partial charge in [-0.15, -0.1) is 0 Å². The van der Waals surface area contributed by atoms with Crippen LogP contribution < -0.4 is 10.6 Å². The number of carbonyl (C=O) groups excluding carboxylic acids is 3. The van der Waals surface area contributed by atoms with Crippen LogP contribution in [0.2, 0.25) is 0 Å². The second-order valence-electron chi connectivity index (χ2n) is 5.55. The number of aliphatic hydroxyl groups is 1. The summed E-state index contributed by atoms with van der Waals surface area (Å²) in [5, 5.41) is 15.0. The minimum absolute atomic E-state index is 0.00673. The van der Waals surface area contributed by atoms with Crippen LogP contribution >= 0.6 is 11.8 Å². The Morgan fingerprint density at radius 3 is 2.68 bits per heavy atom. The number of aliphatic hydroxyl groups excluding tert-OH is 1. The zero-order valence-electron chi connectivity index (χ0n) is 15.6. The summed E-state index contributed by atoms with van der Waals surface area (Å²) in [5.74, 6) is -1.10. The molecule has 0 spiro atoms. The van der Waals surface area contributed by atoms with E-state index in [9.17, 15) is 19.5 Å². The molecule has 0 unspecified atom stereocenters. The molecule has 2 aromatic rings. The first kappa shape index (κ1) is 21.5. The highest BCUT2D eigenvalue weighted by molar-refractivity contribution is 7.99. The van der Waals surface area contributed by atoms with E-state index in [0.29, 0.717) is 16.5 Å². The molecule has 0 aliphatic rings. The topological polar surface area (TPSA) is 123 Å². The van der Waals surface area contributed by atoms with Gasteiger partial charge in [0, 0.05) is 7.05 Å². The number of hydrogen-bond donors (Lipinski definition) is 3. The number of aromatic nitrogens is 2. The number of anilines is 1. The van der Waals surface area contributed by atoms with Crippen LogP contribution in [0.25, 0.3) is 0 Å². The second kappa shape index (κ2) is 10.5. The number of amides is 2. The summed E-state index contributed by atoms with van der Waals surface area (Å²) in [7, 11) is 1.51. The fraction of sp³-hybridized carbons (Fsp3) is 0.333. The number of carbonyl (C=O) groups is 3. The van der Waals surface area contributed by atoms with E-state index in [0.717, 1.165) is 11.8 Å². The highest BCUT2D eigenvalue weighted by Crippen LogP contribution is 2.21. The summed E-state index contributed by atoms with van der Waals surface area (Å²) in [6.45, 7) is 1.65. The Hall–Kier alpha value is -2.85. The third kappa shape index (κ3) is 5.57. The van der Waals surface area contributed by atoms with E-state index in [4.69, 9.17) is 4.74 Å². The maximum absolute atomic E-state index is 12.3. The fourth-order valence-corrected chi connectivity index (χ4v) is 3.12. The van der Waals surface area contributed by atoms with Crippen LogP contribution in [0.5, 0.6) is 0 Å². The molecule has 0 atom stereocenters. The molecule has 28 heavy (non-hydrogen) atoms. The van der Waals surface area contributed by atoms with Crippen LogP contribution in [0.3, 0.4) is 0 Å². The van der Waals surface area contributed by atoms with Gasteiger partial charge in [0.05, 0.1) is 42.1 Å². The summed E-state index contributed by atoms with van der Waals surface area (Å²) < 4.78 is 6.53. The number of nitrogens with zero attached hydrogens (tertiary/aromatic N) is 2. The van der Waals surface area contributed by atoms with E-state index in [2.05, 4.69) is 15.6 Å². The highest BCUT2D eigenvalue weighted by Gasteiger charge is 2.16. The number of rotatable bonds is 9. The molecule has 0 saturated heterocycles. The molecular formula is C18H22N4O5S. The molecule has 3 N–H and O–H groups in total. The molecule has 0 aliphatic carbocycles. The van der Waals surface area contributed by atoms with E-state index in [-0.39, 0.29) is 42.9 Å². The third-order valence-electron chi connectivity index (χ3n) is 3.67. The summed E-state index contributed by atoms with van der Waals surface area (Å²) >= 11 is 1.12. The Morgan fingerprint density at radius 1 is 1.25 bits per heavy atom. The molecule has 1 heterocycles. The highest BCUT2D eigenvalue weighted by atomic mass is 32.2. The van der Waals surface area contributed by atoms with Crippen molar-refractivity contribution in [3.63, 3.8) is 0 Å². The average molecular weight is 406 g/mol. The molecule has 10 heteroatoms. The first-order chi connectivity index (χ1) is 13.5. The molecule has 0 radical (unpaired) electrons. The maximum atomic E-state index is 12.3. The van der Waals surface area contributed by atoms with Gasteiger partial charge in [-0.05, 0) is 19.1 Å². The van der Waals surface area contributed by atoms with Gasteiger partial charge in [0.15, 0.2) is 5.16 Å². The lowest BCUT2D eigenvalue weighted by atomic mass is 10.2. The van der Waals surface area contributed by atoms with Gasteiger partial charge >= 0.3 is 5.97 Å². The van der Waals surface area contributed by atoms with Gasteiger partial charge in [0.2, 0.25) is 11.8 Å². The van der Waals surface area contributed by atoms with Crippen LogP contribution in [0, 0.1) is 0 Å². The van der Waals surface area contributed by atoms with Gasteiger partial charge in [-0.1, -0.05) is 23.9 Å². The molecule has 1 aromatic heterocycles. The number of benzene rings is 1. The lowest BCUT2D eigenvalue weighted by Gasteiger charge is -2.11. The molecule has 0 aliphatic heterocycles. The van der Waals surface area contributed by atoms with Gasteiger partial charge in [0.1, 0.15) is 6.54 Å². The molecule has 0 bridgehead atoms. The number of para-hydroxylation sites is 1. The van der Waals surface area contributed by atoms with Gasteiger partial charge < -0.3 is 25.0 Å². The Labute approximate surface area is 166 Å². The van der Waals surface area contributed by atoms with Gasteiger partial charge in [-0.3, -0.25) is 9.59 Å². The molecule has 150 valence electrons. The molecule has 0 fully saturated rings. The van der Waals surface area contributed by atoms with Crippen molar-refractivity contribution in [1.82, 2.24) is 14.9 Å². The Bertz CT molecular complexity index is 852. The zero-order chi connectivity index (χ0) is 20.5. The summed E-state index contributed by atoms with van der Waals surface area (Å²) in [5.41, 5.74) is 1.10. The summed E-state index contributed by atoms with van der Waals surface area (Å²) in [4.78, 5) is 40.1. The average Bonchev–Trinajstić information content (AvgIpc) is 3.08. The Balaban J connectivity index is 2.05. The minimum atomic E-state index is -0.514. The van der Waals surface area contributed by atoms with Gasteiger partial charge in [-0.2, -0.15) is 0 Å². The standard InChI is InChI=1S/C18H22N4O5S/c1-3-27-17(26)13-6-4-5-7-14(13)21-16(25)11-28-18-20-8-12(10-23)22(18)9-15(24)19-2/h4-8,23H,3,9-11H2,1-2H3,(H,19,24)(H,21,25). The number of ether oxygens (including phenoxy) is 1. The normalized spacial score (nSPS) is 10.4. The van der Waals surface area contributed by atoms with Crippen LogP contribution in [-0.4, -0.2) is 51.8 Å². The number of hydrogen-bond acceptors (Lipinski definition) is 7. The predicted octanol–water partition coefficient (Wildman–Crippen LogP) is 1.03. The van der Waals surface area contributed by atoms with Crippen LogP contribution in [0.15, 0.2) is 35.6 Å². The van der Waals surface area contributed by atoms with Crippen LogP contribution in [0.4, 0.5) is 5.69 Å². The molecule has 9 nitrogen and oxygen atoms in total. The minimum Gasteiger partial charge on any atom is -0.462 e. The zero-order valence-corrected chi connectivity index (χ0v) is 16.4. The van der Waals surface area contributed by atoms with E-state index in [1.54, 1.807) is 35.8 Å². The first-order valence-corrected chi connectivity index (χ1v) is 9.53. The monoisotopic (exact) mass is 406 g/mol. The first-order valence-electron chi connectivity index (χ1n) is 8.54. The van der Waals surface area contributed by atoms with Gasteiger partial charge in [0.25, 0.3) is 0 Å². The summed E-state index contributed by atoms with van der Waals surface area (Å²) in [6, 6.07) is 6.58. The van der Waals surface area contributed by atoms with Crippen molar-refractivity contribution in [2.24, 2.45) is 0 Å². The maximum Gasteiger partial charge on any atom is 0.340 e. The number of esters is 1. The van der Waals surface area contributed by atoms with E-state index < -0.39 is 5.97 Å². The van der Waals surface area contributed by atoms with Crippen LogP contribution in [0.1, 0.15) is 23.0 Å². The van der Waals surface area contributed by atoms with Crippen molar-refractivity contribution in [3.05, 3.63) is 41.7 Å². The lowest BCUT2D eigenvalue weighted by Crippen LogP contribution is -2.25. The van der Waals surface area contributed by atoms with Crippen molar-refractivity contribution in [2.45, 2.75) is 25.2 Å². The van der Waals surface area contributed by atoms with Crippen molar-refractivity contribution in [1.29, 1.82) is 0 Å². The van der Waals surface area contributed by atoms with E-state index >= 15 is 0 Å². The summed E-state index contributed by atoms with van der Waals surface area (Å²) in [6.07, 6.45) is 1.46. The van der Waals surface area contributed by atoms with E-state index in [1.165, 1.54) is 13.2 Å². The third-order valence-corrected chi connectivity index (χ3v) is 4.66. The van der Waals surface area contributed by atoms with Crippen molar-refractivity contribution >= 4 is 35.2 Å². The smallest absolute Gasteiger partial charge is 0.340 e. The lowest BCUT2D eigenvalue weighted by molar-refractivity contribution is -0.121. The SMILES string of the molecule is CCOC(=O)c1ccccc1NC(=O)CSc1ncc(CO)n1CC(=O)NC. The van der Waals surface area contributed by atoms with Gasteiger partial charge in [-0.25, -0.2) is 9.78 Å². The van der Waals surface area contributed by atoms with E-state index in [1.807, 2.05) is 0 Å². The van der Waals surface area contributed by atoms with Crippen molar-refractivity contribution in [2.75, 3.05) is 24.7 Å². The van der Waals surface area contributed by atoms with Crippen molar-refractivity contribution in [3.8, 4) is 0 Å². The molecular weight excluding hydrogens is 384 g/mol. The predicted molar refractivity (Wildman–Crippen MR) is 104 cm³/mol. The number of imidazole rings is 1. The van der Waals surface area contributed by atoms with Crippen LogP contribution in [-0.2, 0) is 27.5 Å². The largest absolute Gasteiger partial charge is 0.462 e. The number of likely N-dealkylation sites (N-methyl/N-ethyl adjacent to an activating group) is 1. The number of thioether (sulfide) groups is 1. The number of nitrogens with one attached hydrogen (secondary N) is 2. The quantitative estimate of drug-likeness (QED) is 0.420. The molecule has 2 rings (SSSR count). The molecule has 2 amide bonds. The van der Waals surface area contributed by atoms with Crippen molar-refractivity contribution < 1.29 is 24.2 Å². The fourth-order valence-electron chi connectivity index (χ4n) is 2.32.